The van der Waals surface area contributed by atoms with Crippen molar-refractivity contribution in [1.82, 2.24) is 20.3 Å². The van der Waals surface area contributed by atoms with Gasteiger partial charge >= 0.3 is 0 Å². The second-order valence-electron chi connectivity index (χ2n) is 7.92. The van der Waals surface area contributed by atoms with Gasteiger partial charge in [-0.2, -0.15) is 4.98 Å². The van der Waals surface area contributed by atoms with Crippen LogP contribution in [0.1, 0.15) is 21.6 Å². The SMILES string of the molecule is COc1c(F)ccc(F)c1-c1nccc2c1CN(c1cc(C)nc(N3CCNCC3)n1)C2=O. The van der Waals surface area contributed by atoms with E-state index in [9.17, 15) is 13.6 Å². The largest absolute Gasteiger partial charge is 0.493 e. The molecule has 1 fully saturated rings. The number of piperazine rings is 1. The summed E-state index contributed by atoms with van der Waals surface area (Å²) in [6.45, 7) is 5.17. The van der Waals surface area contributed by atoms with Gasteiger partial charge in [-0.1, -0.05) is 0 Å². The lowest BCUT2D eigenvalue weighted by Gasteiger charge is -2.28. The summed E-state index contributed by atoms with van der Waals surface area (Å²) in [5, 5.41) is 3.29. The van der Waals surface area contributed by atoms with Crippen molar-refractivity contribution in [3.63, 3.8) is 0 Å². The molecule has 0 bridgehead atoms. The van der Waals surface area contributed by atoms with Crippen LogP contribution >= 0.6 is 0 Å². The summed E-state index contributed by atoms with van der Waals surface area (Å²) in [6.07, 6.45) is 1.41. The molecule has 0 saturated carbocycles. The molecule has 0 radical (unpaired) electrons. The summed E-state index contributed by atoms with van der Waals surface area (Å²) in [4.78, 5) is 30.4. The van der Waals surface area contributed by atoms with Gasteiger partial charge in [-0.05, 0) is 25.1 Å². The van der Waals surface area contributed by atoms with Crippen molar-refractivity contribution in [3.05, 3.63) is 58.9 Å². The topological polar surface area (TPSA) is 83.5 Å². The molecule has 170 valence electrons. The summed E-state index contributed by atoms with van der Waals surface area (Å²) in [5.74, 6) is -0.906. The van der Waals surface area contributed by atoms with Gasteiger partial charge < -0.3 is 15.0 Å². The lowest BCUT2D eigenvalue weighted by atomic mass is 10.0. The maximum Gasteiger partial charge on any atom is 0.260 e. The molecule has 1 aromatic carbocycles. The first-order valence-electron chi connectivity index (χ1n) is 10.6. The van der Waals surface area contributed by atoms with Crippen molar-refractivity contribution in [2.75, 3.05) is 43.1 Å². The molecule has 4 heterocycles. The Kier molecular flexibility index (Phi) is 5.37. The minimum absolute atomic E-state index is 0.107. The van der Waals surface area contributed by atoms with E-state index in [-0.39, 0.29) is 29.5 Å². The van der Waals surface area contributed by atoms with E-state index in [2.05, 4.69) is 25.2 Å². The number of halogens is 2. The molecular formula is C23H22F2N6O2. The van der Waals surface area contributed by atoms with Crippen LogP contribution < -0.4 is 19.9 Å². The number of nitrogens with zero attached hydrogens (tertiary/aromatic N) is 5. The van der Waals surface area contributed by atoms with Crippen LogP contribution in [0.2, 0.25) is 0 Å². The molecule has 1 N–H and O–H groups in total. The highest BCUT2D eigenvalue weighted by Crippen LogP contribution is 2.39. The normalized spacial score (nSPS) is 15.7. The third kappa shape index (κ3) is 3.66. The highest BCUT2D eigenvalue weighted by molar-refractivity contribution is 6.10. The Morgan fingerprint density at radius 1 is 1.09 bits per heavy atom. The molecular weight excluding hydrogens is 430 g/mol. The zero-order valence-corrected chi connectivity index (χ0v) is 18.2. The van der Waals surface area contributed by atoms with Gasteiger partial charge in [0.1, 0.15) is 11.6 Å². The number of carbonyl (C=O) groups is 1. The first-order chi connectivity index (χ1) is 16.0. The van der Waals surface area contributed by atoms with Crippen molar-refractivity contribution >= 4 is 17.7 Å². The fourth-order valence-electron chi connectivity index (χ4n) is 4.26. The molecule has 2 aromatic heterocycles. The molecule has 0 spiro atoms. The van der Waals surface area contributed by atoms with Crippen LogP contribution in [-0.4, -0.2) is 54.1 Å². The molecule has 0 aliphatic carbocycles. The first-order valence-corrected chi connectivity index (χ1v) is 10.6. The Hall–Kier alpha value is -3.66. The van der Waals surface area contributed by atoms with E-state index in [1.165, 1.54) is 18.2 Å². The number of fused-ring (bicyclic) bond motifs is 1. The summed E-state index contributed by atoms with van der Waals surface area (Å²) in [6, 6.07) is 5.35. The van der Waals surface area contributed by atoms with Crippen LogP contribution in [0, 0.1) is 18.6 Å². The Bertz CT molecular complexity index is 1250. The van der Waals surface area contributed by atoms with Gasteiger partial charge in [-0.25, -0.2) is 13.8 Å². The number of amides is 1. The Balaban J connectivity index is 1.57. The minimum Gasteiger partial charge on any atom is -0.493 e. The number of anilines is 2. The van der Waals surface area contributed by atoms with Crippen molar-refractivity contribution in [2.24, 2.45) is 0 Å². The average molecular weight is 452 g/mol. The smallest absolute Gasteiger partial charge is 0.260 e. The number of hydrogen-bond donors (Lipinski definition) is 1. The van der Waals surface area contributed by atoms with E-state index in [0.29, 0.717) is 22.9 Å². The lowest BCUT2D eigenvalue weighted by molar-refractivity contribution is 0.0996. The molecule has 10 heteroatoms. The number of aryl methyl sites for hydroxylation is 1. The highest BCUT2D eigenvalue weighted by Gasteiger charge is 2.34. The molecule has 8 nitrogen and oxygen atoms in total. The van der Waals surface area contributed by atoms with Crippen molar-refractivity contribution < 1.29 is 18.3 Å². The monoisotopic (exact) mass is 452 g/mol. The standard InChI is InChI=1S/C23H22F2N6O2/c1-13-11-18(29-23(28-13)30-9-7-26-8-10-30)31-12-15-14(22(31)32)5-6-27-20(15)19-16(24)3-4-17(25)21(19)33-2/h3-6,11,26H,7-10,12H2,1-2H3. The van der Waals surface area contributed by atoms with Crippen LogP contribution in [0.15, 0.2) is 30.5 Å². The highest BCUT2D eigenvalue weighted by atomic mass is 19.1. The molecule has 0 atom stereocenters. The van der Waals surface area contributed by atoms with Gasteiger partial charge in [0.05, 0.1) is 24.9 Å². The summed E-state index contributed by atoms with van der Waals surface area (Å²) in [5.41, 5.74) is 1.65. The predicted molar refractivity (Wildman–Crippen MR) is 119 cm³/mol. The Morgan fingerprint density at radius 2 is 1.85 bits per heavy atom. The zero-order chi connectivity index (χ0) is 23.1. The first kappa shape index (κ1) is 21.2. The minimum atomic E-state index is -0.707. The van der Waals surface area contributed by atoms with Crippen molar-refractivity contribution in [3.8, 4) is 17.0 Å². The Morgan fingerprint density at radius 3 is 2.61 bits per heavy atom. The van der Waals surface area contributed by atoms with E-state index < -0.39 is 11.6 Å². The fraction of sp³-hybridized carbons (Fsp3) is 0.304. The maximum absolute atomic E-state index is 14.8. The van der Waals surface area contributed by atoms with Gasteiger partial charge in [0, 0.05) is 55.3 Å². The number of ether oxygens (including phenoxy) is 1. The molecule has 5 rings (SSSR count). The van der Waals surface area contributed by atoms with Gasteiger partial charge in [-0.3, -0.25) is 14.7 Å². The predicted octanol–water partition coefficient (Wildman–Crippen LogP) is 2.70. The van der Waals surface area contributed by atoms with E-state index in [1.54, 1.807) is 12.1 Å². The second-order valence-corrected chi connectivity index (χ2v) is 7.92. The van der Waals surface area contributed by atoms with Crippen LogP contribution in [0.4, 0.5) is 20.5 Å². The summed E-state index contributed by atoms with van der Waals surface area (Å²) >= 11 is 0. The quantitative estimate of drug-likeness (QED) is 0.652. The van der Waals surface area contributed by atoms with Gasteiger partial charge in [0.15, 0.2) is 11.6 Å². The molecule has 0 unspecified atom stereocenters. The van der Waals surface area contributed by atoms with Crippen LogP contribution in [0.25, 0.3) is 11.3 Å². The van der Waals surface area contributed by atoms with E-state index in [0.717, 1.165) is 44.0 Å². The van der Waals surface area contributed by atoms with Crippen molar-refractivity contribution in [1.29, 1.82) is 0 Å². The van der Waals surface area contributed by atoms with Crippen molar-refractivity contribution in [2.45, 2.75) is 13.5 Å². The zero-order valence-electron chi connectivity index (χ0n) is 18.2. The Labute approximate surface area is 189 Å². The summed E-state index contributed by atoms with van der Waals surface area (Å²) < 4.78 is 34.2. The molecule has 3 aromatic rings. The number of aromatic nitrogens is 3. The fourth-order valence-corrected chi connectivity index (χ4v) is 4.26. The van der Waals surface area contributed by atoms with Crippen LogP contribution in [0.3, 0.4) is 0 Å². The number of rotatable bonds is 4. The van der Waals surface area contributed by atoms with Gasteiger partial charge in [-0.15, -0.1) is 0 Å². The molecule has 1 amide bonds. The summed E-state index contributed by atoms with van der Waals surface area (Å²) in [7, 11) is 1.27. The van der Waals surface area contributed by atoms with Crippen LogP contribution in [-0.2, 0) is 6.54 Å². The number of pyridine rings is 1. The third-order valence-electron chi connectivity index (χ3n) is 5.85. The lowest BCUT2D eigenvalue weighted by Crippen LogP contribution is -2.44. The van der Waals surface area contributed by atoms with Gasteiger partial charge in [0.25, 0.3) is 5.91 Å². The molecule has 2 aliphatic heterocycles. The third-order valence-corrected chi connectivity index (χ3v) is 5.85. The number of benzene rings is 1. The second kappa shape index (κ2) is 8.36. The number of nitrogens with one attached hydrogen (secondary N) is 1. The van der Waals surface area contributed by atoms with E-state index in [4.69, 9.17) is 4.74 Å². The van der Waals surface area contributed by atoms with Gasteiger partial charge in [0.2, 0.25) is 5.95 Å². The molecule has 1 saturated heterocycles. The van der Waals surface area contributed by atoms with E-state index >= 15 is 0 Å². The molecule has 33 heavy (non-hydrogen) atoms. The maximum atomic E-state index is 14.8. The van der Waals surface area contributed by atoms with Crippen LogP contribution in [0.5, 0.6) is 5.75 Å². The molecule has 2 aliphatic rings. The number of hydrogen-bond acceptors (Lipinski definition) is 7. The number of methoxy groups -OCH3 is 1. The average Bonchev–Trinajstić information content (AvgIpc) is 3.17. The number of carbonyl (C=O) groups excluding carboxylic acids is 1. The van der Waals surface area contributed by atoms with E-state index in [1.807, 2.05) is 6.92 Å².